The molecule has 1 heterocycles. The molecule has 108 valence electrons. The average molecular weight is 273 g/mol. The third-order valence-electron chi connectivity index (χ3n) is 3.44. The molecule has 0 aliphatic carbocycles. The Morgan fingerprint density at radius 3 is 2.55 bits per heavy atom. The fourth-order valence-corrected chi connectivity index (χ4v) is 2.32. The number of hydrogen-bond acceptors (Lipinski definition) is 3. The van der Waals surface area contributed by atoms with Crippen LogP contribution in [0.1, 0.15) is 23.9 Å². The van der Waals surface area contributed by atoms with Crippen molar-refractivity contribution in [2.75, 3.05) is 13.2 Å². The minimum absolute atomic E-state index is 0.172. The van der Waals surface area contributed by atoms with E-state index in [2.05, 4.69) is 35.1 Å². The van der Waals surface area contributed by atoms with Gasteiger partial charge in [-0.2, -0.15) is 5.10 Å². The first-order valence-electron chi connectivity index (χ1n) is 7.12. The zero-order chi connectivity index (χ0) is 14.4. The van der Waals surface area contributed by atoms with Crippen LogP contribution in [0.25, 0.3) is 0 Å². The van der Waals surface area contributed by atoms with Crippen LogP contribution in [0.2, 0.25) is 0 Å². The smallest absolute Gasteiger partial charge is 0.0625 e. The van der Waals surface area contributed by atoms with Crippen LogP contribution in [0.3, 0.4) is 0 Å². The number of aliphatic hydroxyl groups is 1. The molecule has 20 heavy (non-hydrogen) atoms. The van der Waals surface area contributed by atoms with E-state index in [0.717, 1.165) is 25.2 Å². The van der Waals surface area contributed by atoms with Crippen molar-refractivity contribution in [2.45, 2.75) is 26.4 Å². The summed E-state index contributed by atoms with van der Waals surface area (Å²) < 4.78 is 1.94. The monoisotopic (exact) mass is 273 g/mol. The summed E-state index contributed by atoms with van der Waals surface area (Å²) in [7, 11) is 1.98. The third-order valence-corrected chi connectivity index (χ3v) is 3.44. The number of rotatable bonds is 7. The quantitative estimate of drug-likeness (QED) is 0.838. The van der Waals surface area contributed by atoms with Gasteiger partial charge < -0.3 is 5.11 Å². The predicted octanol–water partition coefficient (Wildman–Crippen LogP) is 1.98. The Labute approximate surface area is 120 Å². The maximum Gasteiger partial charge on any atom is 0.0625 e. The maximum atomic E-state index is 9.25. The van der Waals surface area contributed by atoms with Gasteiger partial charge >= 0.3 is 0 Å². The predicted molar refractivity (Wildman–Crippen MR) is 80.2 cm³/mol. The highest BCUT2D eigenvalue weighted by molar-refractivity contribution is 5.15. The molecule has 0 atom stereocenters. The van der Waals surface area contributed by atoms with Gasteiger partial charge in [-0.15, -0.1) is 0 Å². The fourth-order valence-electron chi connectivity index (χ4n) is 2.32. The molecule has 0 fully saturated rings. The van der Waals surface area contributed by atoms with Gasteiger partial charge in [-0.05, 0) is 18.1 Å². The van der Waals surface area contributed by atoms with Gasteiger partial charge in [0.25, 0.3) is 0 Å². The highest BCUT2D eigenvalue weighted by atomic mass is 16.3. The van der Waals surface area contributed by atoms with E-state index in [1.54, 1.807) is 0 Å². The van der Waals surface area contributed by atoms with Gasteiger partial charge in [0.1, 0.15) is 0 Å². The van der Waals surface area contributed by atoms with Gasteiger partial charge in [0.15, 0.2) is 0 Å². The van der Waals surface area contributed by atoms with Gasteiger partial charge in [-0.25, -0.2) is 0 Å². The summed E-state index contributed by atoms with van der Waals surface area (Å²) in [4.78, 5) is 2.24. The SMILES string of the molecule is CCc1cc(CN(CCO)Cc2ccccc2)n(C)n1. The lowest BCUT2D eigenvalue weighted by Gasteiger charge is -2.21. The Morgan fingerprint density at radius 1 is 1.20 bits per heavy atom. The maximum absolute atomic E-state index is 9.25. The number of nitrogens with zero attached hydrogens (tertiary/aromatic N) is 3. The molecule has 1 aromatic heterocycles. The van der Waals surface area contributed by atoms with Crippen molar-refractivity contribution in [1.82, 2.24) is 14.7 Å². The van der Waals surface area contributed by atoms with E-state index in [9.17, 15) is 5.11 Å². The van der Waals surface area contributed by atoms with Crippen molar-refractivity contribution in [3.63, 3.8) is 0 Å². The summed E-state index contributed by atoms with van der Waals surface area (Å²) in [6, 6.07) is 12.5. The molecule has 1 aromatic carbocycles. The summed E-state index contributed by atoms with van der Waals surface area (Å²) in [5, 5.41) is 13.7. The van der Waals surface area contributed by atoms with Crippen LogP contribution in [0.4, 0.5) is 0 Å². The van der Waals surface area contributed by atoms with Crippen molar-refractivity contribution in [3.05, 3.63) is 53.3 Å². The first-order valence-corrected chi connectivity index (χ1v) is 7.12. The summed E-state index contributed by atoms with van der Waals surface area (Å²) in [5.74, 6) is 0. The van der Waals surface area contributed by atoms with Crippen molar-refractivity contribution >= 4 is 0 Å². The highest BCUT2D eigenvalue weighted by Gasteiger charge is 2.10. The molecule has 0 saturated carbocycles. The van der Waals surface area contributed by atoms with E-state index in [4.69, 9.17) is 0 Å². The first kappa shape index (κ1) is 14.8. The van der Waals surface area contributed by atoms with Crippen molar-refractivity contribution < 1.29 is 5.11 Å². The Bertz CT molecular complexity index is 522. The second-order valence-corrected chi connectivity index (χ2v) is 5.02. The lowest BCUT2D eigenvalue weighted by atomic mass is 10.2. The van der Waals surface area contributed by atoms with Crippen molar-refractivity contribution in [3.8, 4) is 0 Å². The molecule has 2 aromatic rings. The van der Waals surface area contributed by atoms with E-state index in [1.165, 1.54) is 11.3 Å². The van der Waals surface area contributed by atoms with Gasteiger partial charge in [0.2, 0.25) is 0 Å². The molecule has 0 amide bonds. The largest absolute Gasteiger partial charge is 0.395 e. The van der Waals surface area contributed by atoms with Gasteiger partial charge in [-0.1, -0.05) is 37.3 Å². The lowest BCUT2D eigenvalue weighted by Crippen LogP contribution is -2.27. The molecule has 0 spiro atoms. The van der Waals surface area contributed by atoms with Crippen LogP contribution < -0.4 is 0 Å². The van der Waals surface area contributed by atoms with Crippen LogP contribution in [0, 0.1) is 0 Å². The molecule has 4 nitrogen and oxygen atoms in total. The molecule has 0 aliphatic rings. The first-order chi connectivity index (χ1) is 9.72. The summed E-state index contributed by atoms with van der Waals surface area (Å²) in [6.45, 7) is 4.60. The molecule has 0 unspecified atom stereocenters. The van der Waals surface area contributed by atoms with E-state index < -0.39 is 0 Å². The van der Waals surface area contributed by atoms with Gasteiger partial charge in [0.05, 0.1) is 18.0 Å². The number of aryl methyl sites for hydroxylation is 2. The zero-order valence-electron chi connectivity index (χ0n) is 12.3. The number of aromatic nitrogens is 2. The molecular formula is C16H23N3O. The van der Waals surface area contributed by atoms with Crippen LogP contribution in [-0.2, 0) is 26.6 Å². The molecule has 0 bridgehead atoms. The second kappa shape index (κ2) is 7.22. The van der Waals surface area contributed by atoms with E-state index in [0.29, 0.717) is 6.54 Å². The van der Waals surface area contributed by atoms with Gasteiger partial charge in [-0.3, -0.25) is 9.58 Å². The average Bonchev–Trinajstić information content (AvgIpc) is 2.81. The van der Waals surface area contributed by atoms with Gasteiger partial charge in [0, 0.05) is 26.7 Å². The van der Waals surface area contributed by atoms with Crippen LogP contribution in [0.5, 0.6) is 0 Å². The number of aliphatic hydroxyl groups excluding tert-OH is 1. The Balaban J connectivity index is 2.06. The van der Waals surface area contributed by atoms with E-state index >= 15 is 0 Å². The van der Waals surface area contributed by atoms with Crippen LogP contribution in [-0.4, -0.2) is 32.9 Å². The third kappa shape index (κ3) is 3.92. The minimum Gasteiger partial charge on any atom is -0.395 e. The lowest BCUT2D eigenvalue weighted by molar-refractivity contribution is 0.181. The zero-order valence-corrected chi connectivity index (χ0v) is 12.3. The summed E-state index contributed by atoms with van der Waals surface area (Å²) >= 11 is 0. The number of hydrogen-bond donors (Lipinski definition) is 1. The Morgan fingerprint density at radius 2 is 1.95 bits per heavy atom. The van der Waals surface area contributed by atoms with Crippen molar-refractivity contribution in [1.29, 1.82) is 0 Å². The summed E-state index contributed by atoms with van der Waals surface area (Å²) in [6.07, 6.45) is 0.951. The minimum atomic E-state index is 0.172. The molecule has 1 N–H and O–H groups in total. The van der Waals surface area contributed by atoms with E-state index in [-0.39, 0.29) is 6.61 Å². The van der Waals surface area contributed by atoms with Crippen LogP contribution in [0.15, 0.2) is 36.4 Å². The standard InChI is InChI=1S/C16H23N3O/c1-3-15-11-16(18(2)17-15)13-19(9-10-20)12-14-7-5-4-6-8-14/h4-8,11,20H,3,9-10,12-13H2,1-2H3. The molecule has 4 heteroatoms. The molecule has 2 rings (SSSR count). The topological polar surface area (TPSA) is 41.3 Å². The second-order valence-electron chi connectivity index (χ2n) is 5.02. The van der Waals surface area contributed by atoms with E-state index in [1.807, 2.05) is 29.9 Å². The summed E-state index contributed by atoms with van der Waals surface area (Å²) in [5.41, 5.74) is 3.57. The molecule has 0 aliphatic heterocycles. The van der Waals surface area contributed by atoms with Crippen molar-refractivity contribution in [2.24, 2.45) is 7.05 Å². The molecular weight excluding hydrogens is 250 g/mol. The normalized spacial score (nSPS) is 11.2. The fraction of sp³-hybridized carbons (Fsp3) is 0.438. The molecule has 0 saturated heterocycles. The Hall–Kier alpha value is -1.65. The van der Waals surface area contributed by atoms with Crippen LogP contribution >= 0.6 is 0 Å². The number of benzene rings is 1. The molecule has 0 radical (unpaired) electrons. The highest BCUT2D eigenvalue weighted by Crippen LogP contribution is 2.11. The Kier molecular flexibility index (Phi) is 5.32.